The van der Waals surface area contributed by atoms with E-state index in [4.69, 9.17) is 21.7 Å². The molecule has 4 saturated heterocycles. The zero-order valence-corrected chi connectivity index (χ0v) is 51.7. The molecule has 0 saturated carbocycles. The average Bonchev–Trinajstić information content (AvgIpc) is 4.39. The molecule has 5 aromatic rings. The number of nitro groups is 2. The predicted octanol–water partition coefficient (Wildman–Crippen LogP) is 9.62. The Bertz CT molecular complexity index is 3030. The van der Waals surface area contributed by atoms with Crippen molar-refractivity contribution in [3.05, 3.63) is 174 Å². The molecule has 20 nitrogen and oxygen atoms in total. The number of rotatable bonds is 17. The molecule has 0 aliphatic carbocycles. The van der Waals surface area contributed by atoms with Gasteiger partial charge in [-0.05, 0) is 167 Å². The summed E-state index contributed by atoms with van der Waals surface area (Å²) in [6, 6.07) is 31.9. The minimum absolute atomic E-state index is 0.0163. The van der Waals surface area contributed by atoms with Crippen LogP contribution in [0.5, 0.6) is 11.5 Å². The molecule has 4 fully saturated rings. The molecule has 454 valence electrons. The quantitative estimate of drug-likeness (QED) is 0.0191. The number of carbonyl (C=O) groups excluding carboxylic acids is 4. The summed E-state index contributed by atoms with van der Waals surface area (Å²) in [5.74, 6) is -2.73. The Hall–Kier alpha value is -7.03. The lowest BCUT2D eigenvalue weighted by atomic mass is 10.0. The number of esters is 1. The second-order valence-corrected chi connectivity index (χ2v) is 23.6. The largest absolute Gasteiger partial charge is 0.502 e. The molecule has 85 heavy (non-hydrogen) atoms. The highest BCUT2D eigenvalue weighted by Crippen LogP contribution is 2.29. The molecule has 4 aliphatic rings. The van der Waals surface area contributed by atoms with Crippen LogP contribution in [0.4, 0.5) is 11.4 Å². The molecule has 0 aromatic heterocycles. The van der Waals surface area contributed by atoms with E-state index < -0.39 is 50.7 Å². The van der Waals surface area contributed by atoms with Gasteiger partial charge in [-0.1, -0.05) is 113 Å². The molecule has 3 amide bonds. The van der Waals surface area contributed by atoms with Crippen molar-refractivity contribution in [2.24, 2.45) is 0 Å². The summed E-state index contributed by atoms with van der Waals surface area (Å²) in [7, 11) is 1.14. The van der Waals surface area contributed by atoms with Crippen LogP contribution in [-0.4, -0.2) is 141 Å². The predicted molar refractivity (Wildman–Crippen MR) is 336 cm³/mol. The van der Waals surface area contributed by atoms with Gasteiger partial charge in [0.15, 0.2) is 5.75 Å². The highest BCUT2D eigenvalue weighted by atomic mass is 32.4. The summed E-state index contributed by atoms with van der Waals surface area (Å²) in [6.07, 6.45) is 11.8. The van der Waals surface area contributed by atoms with E-state index in [1.807, 2.05) is 50.2 Å². The fraction of sp³-hybridized carbons (Fsp3) is 0.426. The number of piperidine rings is 2. The molecular weight excluding hydrogens is 1160 g/mol. The van der Waals surface area contributed by atoms with E-state index in [0.29, 0.717) is 33.3 Å². The number of nitrogens with one attached hydrogen (secondary N) is 3. The van der Waals surface area contributed by atoms with E-state index in [0.717, 1.165) is 84.0 Å². The number of hydrogen-bond donors (Lipinski definition) is 5. The summed E-state index contributed by atoms with van der Waals surface area (Å²) >= 11 is 9.33. The highest BCUT2D eigenvalue weighted by molar-refractivity contribution is 7.96. The number of likely N-dealkylation sites (tertiary alicyclic amines) is 3. The van der Waals surface area contributed by atoms with E-state index >= 15 is 0 Å². The normalized spacial score (nSPS) is 15.3. The third-order valence-electron chi connectivity index (χ3n) is 14.5. The molecule has 9 rings (SSSR count). The van der Waals surface area contributed by atoms with Crippen molar-refractivity contribution in [3.63, 3.8) is 0 Å². The number of phenolic OH excluding ortho intramolecular Hbond substituents is 1. The Morgan fingerprint density at radius 3 is 1.44 bits per heavy atom. The average molecular weight is 1240 g/mol. The summed E-state index contributed by atoms with van der Waals surface area (Å²) in [5.41, 5.74) is 5.43. The maximum Gasteiger partial charge on any atom is 0.315 e. The van der Waals surface area contributed by atoms with Crippen molar-refractivity contribution in [1.29, 1.82) is 0 Å². The smallest absolute Gasteiger partial charge is 0.315 e. The van der Waals surface area contributed by atoms with Gasteiger partial charge in [0.2, 0.25) is 11.7 Å². The number of carbonyl (C=O) groups is 5. The summed E-state index contributed by atoms with van der Waals surface area (Å²) in [6.45, 7) is 15.6. The van der Waals surface area contributed by atoms with Crippen molar-refractivity contribution in [1.82, 2.24) is 30.7 Å². The van der Waals surface area contributed by atoms with Gasteiger partial charge in [-0.25, -0.2) is 0 Å². The van der Waals surface area contributed by atoms with Crippen molar-refractivity contribution in [3.8, 4) is 11.5 Å². The fourth-order valence-corrected chi connectivity index (χ4v) is 10.7. The van der Waals surface area contributed by atoms with E-state index in [2.05, 4.69) is 73.6 Å². The lowest BCUT2D eigenvalue weighted by Crippen LogP contribution is -2.46. The molecule has 5 N–H and O–H groups in total. The van der Waals surface area contributed by atoms with Crippen LogP contribution in [0.25, 0.3) is 0 Å². The molecule has 0 spiro atoms. The van der Waals surface area contributed by atoms with E-state index in [9.17, 15) is 49.3 Å². The first-order chi connectivity index (χ1) is 40.8. The molecule has 4 aliphatic heterocycles. The van der Waals surface area contributed by atoms with Crippen LogP contribution < -0.4 is 20.7 Å². The molecule has 24 heteroatoms. The number of aromatic hydroxyl groups is 1. The molecule has 0 radical (unpaired) electrons. The van der Waals surface area contributed by atoms with Crippen molar-refractivity contribution in [2.75, 3.05) is 64.9 Å². The van der Waals surface area contributed by atoms with E-state index in [-0.39, 0.29) is 36.0 Å². The number of carboxylic acids is 1. The van der Waals surface area contributed by atoms with Crippen LogP contribution in [0.3, 0.4) is 0 Å². The van der Waals surface area contributed by atoms with Gasteiger partial charge in [0.1, 0.15) is 0 Å². The van der Waals surface area contributed by atoms with Crippen LogP contribution in [0.2, 0.25) is 0 Å². The molecule has 0 atom stereocenters. The summed E-state index contributed by atoms with van der Waals surface area (Å²) in [5, 5.41) is 47.8. The number of aryl methyl sites for hydroxylation is 3. The SMILES string of the molecule is C1CCN(C2CCNCC2)C1.Cc1ccc(CC(=O)N2CCC(N3CCCC3)CC2)cc1.Cc1ccc(CC(=O)O)cc1.Cc1ccc(CC(=O)Oc2ccc(C(=O)NCP=S)cc2[N+](=O)[O-])cc1.O=C(NCP=S)c1ccc(O)c([N+](=O)[O-])c1. The van der Waals surface area contributed by atoms with Crippen LogP contribution in [0.1, 0.15) is 105 Å². The van der Waals surface area contributed by atoms with Crippen molar-refractivity contribution >= 4 is 79.4 Å². The first-order valence-electron chi connectivity index (χ1n) is 28.3. The van der Waals surface area contributed by atoms with Crippen LogP contribution in [0.15, 0.2) is 109 Å². The van der Waals surface area contributed by atoms with Gasteiger partial charge in [0.25, 0.3) is 11.8 Å². The number of benzene rings is 5. The van der Waals surface area contributed by atoms with Gasteiger partial charge in [-0.3, -0.25) is 44.2 Å². The zero-order valence-electron chi connectivity index (χ0n) is 48.3. The molecule has 0 bridgehead atoms. The number of hydrogen-bond acceptors (Lipinski definition) is 16. The van der Waals surface area contributed by atoms with Crippen LogP contribution in [0, 0.1) is 41.0 Å². The van der Waals surface area contributed by atoms with Gasteiger partial charge >= 0.3 is 23.3 Å². The Morgan fingerprint density at radius 1 is 0.588 bits per heavy atom. The number of ether oxygens (including phenoxy) is 1. The second-order valence-electron chi connectivity index (χ2n) is 20.9. The fourth-order valence-electron chi connectivity index (χ4n) is 9.88. The van der Waals surface area contributed by atoms with Gasteiger partial charge in [-0.15, -0.1) is 0 Å². The topological polar surface area (TPSA) is 267 Å². The highest BCUT2D eigenvalue weighted by Gasteiger charge is 2.29. The number of carboxylic acid groups (broad SMARTS) is 1. The number of nitrogens with zero attached hydrogens (tertiary/aromatic N) is 5. The van der Waals surface area contributed by atoms with Gasteiger partial charge in [-0.2, -0.15) is 0 Å². The number of phenols is 1. The first-order valence-corrected chi connectivity index (χ1v) is 32.5. The minimum atomic E-state index is -0.783. The number of nitro benzene ring substituents is 2. The minimum Gasteiger partial charge on any atom is -0.502 e. The molecular formula is C61H76N8O12P2S2. The second kappa shape index (κ2) is 36.7. The van der Waals surface area contributed by atoms with Gasteiger partial charge in [0.05, 0.1) is 41.7 Å². The Morgan fingerprint density at radius 2 is 1.00 bits per heavy atom. The summed E-state index contributed by atoms with van der Waals surface area (Å²) < 4.78 is 5.13. The van der Waals surface area contributed by atoms with Gasteiger partial charge < -0.3 is 45.6 Å². The van der Waals surface area contributed by atoms with Crippen molar-refractivity contribution in [2.45, 2.75) is 103 Å². The Balaban J connectivity index is 0.000000202. The van der Waals surface area contributed by atoms with E-state index in [1.54, 1.807) is 12.1 Å². The summed E-state index contributed by atoms with van der Waals surface area (Å²) in [4.78, 5) is 85.7. The Labute approximate surface area is 510 Å². The molecule has 4 heterocycles. The maximum absolute atomic E-state index is 12.4. The lowest BCUT2D eigenvalue weighted by Gasteiger charge is -2.36. The van der Waals surface area contributed by atoms with Crippen LogP contribution >= 0.6 is 14.7 Å². The number of aliphatic carboxylic acids is 1. The third-order valence-corrected chi connectivity index (χ3v) is 15.9. The monoisotopic (exact) mass is 1240 g/mol. The van der Waals surface area contributed by atoms with Crippen molar-refractivity contribution < 1.29 is 48.8 Å². The standard InChI is InChI=1S/C18H26N2O.C17H15N2O5PS.C9H18N2.C9H10O2.C8H7N2O4PS/c1-15-4-6-16(7-5-15)14-18(21)20-12-8-17(9-13-20)19-10-2-3-11-19;1-11-2-4-12(5-3-11)8-16(20)24-15-7-6-13(9-14(15)19(22)23)17(21)18-10-25-26;1-2-8-11(7-1)9-3-5-10-6-4-9;1-7-2-4-8(5-3-7)6-9(10)11;11-7-2-1-5(3-6(7)10(13)14)8(12)9-4-15-16/h4-7,17H,2-3,8-14H2,1H3;2-7,9H,8,10H2,1H3,(H,18,21);9-10H,1-8H2;2-5H,6H2,1H3,(H,10,11);1-3,11H,4H2,(H,9,12). The molecule has 5 aromatic carbocycles. The van der Waals surface area contributed by atoms with E-state index in [1.165, 1.54) is 102 Å². The third kappa shape index (κ3) is 24.5. The Kier molecular flexibility index (Phi) is 29.7. The lowest BCUT2D eigenvalue weighted by molar-refractivity contribution is -0.385. The maximum atomic E-state index is 12.4. The van der Waals surface area contributed by atoms with Gasteiger partial charge in [0, 0.05) is 48.4 Å². The van der Waals surface area contributed by atoms with Crippen LogP contribution in [-0.2, 0) is 57.3 Å². The molecule has 0 unspecified atom stereocenters. The first kappa shape index (κ1) is 68.7. The number of amides is 3. The zero-order chi connectivity index (χ0) is 61.7.